The number of nitrogens with zero attached hydrogens (tertiary/aromatic N) is 2. The van der Waals surface area contributed by atoms with Gasteiger partial charge in [0.2, 0.25) is 0 Å². The maximum absolute atomic E-state index is 13.2. The topological polar surface area (TPSA) is 102 Å². The molecule has 1 aromatic heterocycles. The summed E-state index contributed by atoms with van der Waals surface area (Å²) >= 11 is 6.23. The normalized spacial score (nSPS) is 11.3. The first-order chi connectivity index (χ1) is 9.28. The van der Waals surface area contributed by atoms with Gasteiger partial charge in [-0.05, 0) is 6.07 Å². The second-order valence-electron chi connectivity index (χ2n) is 3.49. The lowest BCUT2D eigenvalue weighted by Gasteiger charge is -2.05. The number of non-ortho nitro benzene ring substituents is 1. The Balaban J connectivity index is 2.37. The van der Waals surface area contributed by atoms with E-state index in [1.165, 1.54) is 0 Å². The van der Waals surface area contributed by atoms with Crippen LogP contribution in [0.5, 0.6) is 0 Å². The molecule has 11 heteroatoms. The number of nitro groups is 1. The minimum absolute atomic E-state index is 0.0237. The number of hydrogen-bond acceptors (Lipinski definition) is 6. The average molecular weight is 338 g/mol. The highest BCUT2D eigenvalue weighted by atomic mass is 35.5. The quantitative estimate of drug-likeness (QED) is 0.682. The Morgan fingerprint density at radius 3 is 2.65 bits per heavy atom. The van der Waals surface area contributed by atoms with E-state index in [9.17, 15) is 22.9 Å². The van der Waals surface area contributed by atoms with E-state index in [2.05, 4.69) is 4.98 Å². The molecule has 0 spiro atoms. The molecule has 0 saturated heterocycles. The molecule has 2 rings (SSSR count). The molecule has 20 heavy (non-hydrogen) atoms. The first-order valence-electron chi connectivity index (χ1n) is 4.87. The second kappa shape index (κ2) is 5.31. The molecule has 0 aliphatic rings. The van der Waals surface area contributed by atoms with Crippen LogP contribution in [-0.2, 0) is 10.0 Å². The summed E-state index contributed by atoms with van der Waals surface area (Å²) in [5.74, 6) is -0.931. The van der Waals surface area contributed by atoms with Crippen molar-refractivity contribution >= 4 is 44.3 Å². The van der Waals surface area contributed by atoms with Gasteiger partial charge < -0.3 is 0 Å². The van der Waals surface area contributed by atoms with E-state index in [0.717, 1.165) is 18.3 Å². The van der Waals surface area contributed by atoms with Crippen LogP contribution in [0.15, 0.2) is 28.6 Å². The monoisotopic (exact) mass is 337 g/mol. The fourth-order valence-electron chi connectivity index (χ4n) is 1.31. The number of rotatable bonds is 4. The molecular formula is C9H5ClFN3O4S2. The van der Waals surface area contributed by atoms with Gasteiger partial charge in [0.05, 0.1) is 22.9 Å². The Morgan fingerprint density at radius 2 is 2.10 bits per heavy atom. The van der Waals surface area contributed by atoms with Crippen molar-refractivity contribution in [3.05, 3.63) is 44.8 Å². The zero-order valence-corrected chi connectivity index (χ0v) is 11.8. The number of benzene rings is 1. The molecule has 0 atom stereocenters. The molecule has 1 aromatic carbocycles. The number of hydrogen-bond donors (Lipinski definition) is 1. The summed E-state index contributed by atoms with van der Waals surface area (Å²) in [6.45, 7) is 0. The number of nitrogens with one attached hydrogen (secondary N) is 1. The van der Waals surface area contributed by atoms with Gasteiger partial charge in [-0.25, -0.2) is 17.8 Å². The summed E-state index contributed by atoms with van der Waals surface area (Å²) in [4.78, 5) is 13.3. The molecular weight excluding hydrogens is 333 g/mol. The standard InChI is InChI=1S/C9H5ClFN3O4S2/c10-9-12-4-8(19-9)20(17,18)13-6-1-5(11)2-7(3-6)14(15)16/h1-4,13H. The number of thiazole rings is 1. The maximum Gasteiger partial charge on any atom is 0.274 e. The van der Waals surface area contributed by atoms with Gasteiger partial charge in [0.25, 0.3) is 15.7 Å². The Bertz CT molecular complexity index is 777. The smallest absolute Gasteiger partial charge is 0.274 e. The zero-order valence-electron chi connectivity index (χ0n) is 9.41. The minimum atomic E-state index is -4.02. The van der Waals surface area contributed by atoms with E-state index in [1.54, 1.807) is 0 Å². The molecule has 7 nitrogen and oxygen atoms in total. The molecule has 0 bridgehead atoms. The van der Waals surface area contributed by atoms with Crippen molar-refractivity contribution in [2.75, 3.05) is 4.72 Å². The van der Waals surface area contributed by atoms with Crippen molar-refractivity contribution in [2.45, 2.75) is 4.21 Å². The molecule has 0 aliphatic carbocycles. The molecule has 0 aliphatic heterocycles. The van der Waals surface area contributed by atoms with E-state index >= 15 is 0 Å². The predicted octanol–water partition coefficient (Wildman–Crippen LogP) is 2.64. The van der Waals surface area contributed by atoms with Crippen molar-refractivity contribution < 1.29 is 17.7 Å². The third kappa shape index (κ3) is 3.21. The van der Waals surface area contributed by atoms with Crippen molar-refractivity contribution in [1.29, 1.82) is 0 Å². The summed E-state index contributed by atoms with van der Waals surface area (Å²) in [5.41, 5.74) is -0.828. The van der Waals surface area contributed by atoms with Crippen LogP contribution < -0.4 is 4.72 Å². The zero-order chi connectivity index (χ0) is 14.9. The fraction of sp³-hybridized carbons (Fsp3) is 0. The van der Waals surface area contributed by atoms with Crippen molar-refractivity contribution in [3.8, 4) is 0 Å². The van der Waals surface area contributed by atoms with Crippen LogP contribution in [0.3, 0.4) is 0 Å². The summed E-state index contributed by atoms with van der Waals surface area (Å²) in [6.07, 6.45) is 1.03. The van der Waals surface area contributed by atoms with E-state index in [-0.39, 0.29) is 14.4 Å². The number of sulfonamides is 1. The van der Waals surface area contributed by atoms with Crippen LogP contribution in [0.4, 0.5) is 15.8 Å². The van der Waals surface area contributed by atoms with Crippen molar-refractivity contribution in [3.63, 3.8) is 0 Å². The van der Waals surface area contributed by atoms with Crippen molar-refractivity contribution in [2.24, 2.45) is 0 Å². The number of nitro benzene ring substituents is 1. The Morgan fingerprint density at radius 1 is 1.40 bits per heavy atom. The summed E-state index contributed by atoms with van der Waals surface area (Å²) in [6, 6.07) is 2.41. The molecule has 1 heterocycles. The van der Waals surface area contributed by atoms with E-state index in [0.29, 0.717) is 17.4 Å². The number of halogens is 2. The second-order valence-corrected chi connectivity index (χ2v) is 7.01. The van der Waals surface area contributed by atoms with Gasteiger partial charge in [-0.15, -0.1) is 0 Å². The van der Waals surface area contributed by atoms with Gasteiger partial charge >= 0.3 is 0 Å². The molecule has 1 N–H and O–H groups in total. The average Bonchev–Trinajstić information content (AvgIpc) is 2.75. The minimum Gasteiger partial charge on any atom is -0.279 e. The van der Waals surface area contributed by atoms with E-state index in [1.807, 2.05) is 4.72 Å². The molecule has 106 valence electrons. The first-order valence-corrected chi connectivity index (χ1v) is 7.55. The van der Waals surface area contributed by atoms with Gasteiger partial charge in [-0.1, -0.05) is 22.9 Å². The summed E-state index contributed by atoms with van der Waals surface area (Å²) in [5, 5.41) is 10.6. The van der Waals surface area contributed by atoms with Crippen LogP contribution in [0.1, 0.15) is 0 Å². The van der Waals surface area contributed by atoms with Crippen molar-refractivity contribution in [1.82, 2.24) is 4.98 Å². The van der Waals surface area contributed by atoms with Gasteiger partial charge in [-0.2, -0.15) is 0 Å². The van der Waals surface area contributed by atoms with E-state index < -0.39 is 26.5 Å². The Hall–Kier alpha value is -1.78. The molecule has 0 fully saturated rings. The Kier molecular flexibility index (Phi) is 3.88. The fourth-order valence-corrected chi connectivity index (χ4v) is 3.64. The Labute approximate surface area is 121 Å². The van der Waals surface area contributed by atoms with Crippen LogP contribution in [0, 0.1) is 15.9 Å². The SMILES string of the molecule is O=[N+]([O-])c1cc(F)cc(NS(=O)(=O)c2cnc(Cl)s2)c1. The van der Waals surface area contributed by atoms with Crippen LogP contribution in [-0.4, -0.2) is 18.3 Å². The molecule has 2 aromatic rings. The first kappa shape index (κ1) is 14.6. The van der Waals surface area contributed by atoms with Gasteiger partial charge in [0, 0.05) is 6.07 Å². The maximum atomic E-state index is 13.2. The van der Waals surface area contributed by atoms with Crippen LogP contribution in [0.25, 0.3) is 0 Å². The molecule has 0 saturated carbocycles. The van der Waals surface area contributed by atoms with Gasteiger partial charge in [0.15, 0.2) is 8.68 Å². The highest BCUT2D eigenvalue weighted by Gasteiger charge is 2.19. The lowest BCUT2D eigenvalue weighted by Crippen LogP contribution is -2.11. The summed E-state index contributed by atoms with van der Waals surface area (Å²) in [7, 11) is -4.02. The van der Waals surface area contributed by atoms with Crippen LogP contribution in [0.2, 0.25) is 4.47 Å². The van der Waals surface area contributed by atoms with Gasteiger partial charge in [0.1, 0.15) is 5.82 Å². The highest BCUT2D eigenvalue weighted by molar-refractivity contribution is 7.94. The third-order valence-corrected chi connectivity index (χ3v) is 5.02. The largest absolute Gasteiger partial charge is 0.279 e. The highest BCUT2D eigenvalue weighted by Crippen LogP contribution is 2.26. The molecule has 0 radical (unpaired) electrons. The van der Waals surface area contributed by atoms with Crippen LogP contribution >= 0.6 is 22.9 Å². The lowest BCUT2D eigenvalue weighted by molar-refractivity contribution is -0.385. The number of anilines is 1. The lowest BCUT2D eigenvalue weighted by atomic mass is 10.3. The van der Waals surface area contributed by atoms with E-state index in [4.69, 9.17) is 11.6 Å². The molecule has 0 amide bonds. The number of aromatic nitrogens is 1. The summed E-state index contributed by atoms with van der Waals surface area (Å²) < 4.78 is 38.9. The predicted molar refractivity (Wildman–Crippen MR) is 71.0 cm³/mol. The molecule has 0 unspecified atom stereocenters. The van der Waals surface area contributed by atoms with Gasteiger partial charge in [-0.3, -0.25) is 14.8 Å². The third-order valence-electron chi connectivity index (χ3n) is 2.07.